The average Bonchev–Trinajstić information content (AvgIpc) is 3.23. The topological polar surface area (TPSA) is 37.4 Å². The summed E-state index contributed by atoms with van der Waals surface area (Å²) < 4.78 is 26.7. The van der Waals surface area contributed by atoms with E-state index in [9.17, 15) is 8.42 Å². The van der Waals surface area contributed by atoms with Crippen LogP contribution >= 0.6 is 0 Å². The first kappa shape index (κ1) is 14.8. The van der Waals surface area contributed by atoms with E-state index < -0.39 is 10.0 Å². The highest BCUT2D eigenvalue weighted by atomic mass is 32.2. The van der Waals surface area contributed by atoms with Gasteiger partial charge in [0, 0.05) is 6.54 Å². The summed E-state index contributed by atoms with van der Waals surface area (Å²) in [6.45, 7) is 4.29. The van der Waals surface area contributed by atoms with Crippen molar-refractivity contribution in [3.8, 4) is 11.8 Å². The molecule has 0 heterocycles. The molecule has 3 nitrogen and oxygen atoms in total. The van der Waals surface area contributed by atoms with Crippen molar-refractivity contribution in [3.05, 3.63) is 41.5 Å². The minimum atomic E-state index is -3.47. The molecular formula is C16H19NO2S. The largest absolute Gasteiger partial charge is 0.244 e. The molecule has 1 aliphatic carbocycles. The lowest BCUT2D eigenvalue weighted by Crippen LogP contribution is -2.31. The van der Waals surface area contributed by atoms with Crippen LogP contribution in [0.4, 0.5) is 0 Å². The molecule has 106 valence electrons. The maximum atomic E-state index is 12.6. The minimum absolute atomic E-state index is 0.233. The Morgan fingerprint density at radius 1 is 1.25 bits per heavy atom. The monoisotopic (exact) mass is 289 g/mol. The van der Waals surface area contributed by atoms with Gasteiger partial charge in [0.25, 0.3) is 0 Å². The Kier molecular flexibility index (Phi) is 4.64. The van der Waals surface area contributed by atoms with Gasteiger partial charge in [-0.3, -0.25) is 0 Å². The van der Waals surface area contributed by atoms with Crippen LogP contribution in [0.1, 0.15) is 25.3 Å². The van der Waals surface area contributed by atoms with Crippen molar-refractivity contribution in [3.63, 3.8) is 0 Å². The van der Waals surface area contributed by atoms with Gasteiger partial charge in [-0.15, -0.1) is 5.92 Å². The van der Waals surface area contributed by atoms with Crippen LogP contribution in [0.3, 0.4) is 0 Å². The molecule has 1 aliphatic rings. The van der Waals surface area contributed by atoms with Crippen molar-refractivity contribution in [2.24, 2.45) is 0 Å². The summed E-state index contributed by atoms with van der Waals surface area (Å²) in [4.78, 5) is 0.329. The maximum absolute atomic E-state index is 12.6. The summed E-state index contributed by atoms with van der Waals surface area (Å²) >= 11 is 0. The number of benzene rings is 1. The number of sulfonamides is 1. The van der Waals surface area contributed by atoms with E-state index in [4.69, 9.17) is 0 Å². The predicted octanol–water partition coefficient (Wildman–Crippen LogP) is 2.73. The first-order valence-electron chi connectivity index (χ1n) is 6.68. The van der Waals surface area contributed by atoms with Gasteiger partial charge < -0.3 is 0 Å². The third-order valence-electron chi connectivity index (χ3n) is 3.21. The van der Waals surface area contributed by atoms with Gasteiger partial charge in [-0.05, 0) is 38.8 Å². The van der Waals surface area contributed by atoms with Gasteiger partial charge in [-0.1, -0.05) is 35.3 Å². The highest BCUT2D eigenvalue weighted by molar-refractivity contribution is 7.89. The van der Waals surface area contributed by atoms with Crippen LogP contribution in [0.15, 0.2) is 40.8 Å². The molecule has 4 heteroatoms. The van der Waals surface area contributed by atoms with Crippen LogP contribution in [0.5, 0.6) is 0 Å². The number of hydrogen-bond acceptors (Lipinski definition) is 2. The van der Waals surface area contributed by atoms with Crippen molar-refractivity contribution >= 4 is 10.0 Å². The van der Waals surface area contributed by atoms with E-state index in [1.807, 2.05) is 25.1 Å². The summed E-state index contributed by atoms with van der Waals surface area (Å²) in [6, 6.07) is 6.94. The van der Waals surface area contributed by atoms with Crippen molar-refractivity contribution in [1.82, 2.24) is 4.31 Å². The number of hydrogen-bond donors (Lipinski definition) is 0. The van der Waals surface area contributed by atoms with E-state index in [0.717, 1.165) is 18.4 Å². The Morgan fingerprint density at radius 2 is 1.90 bits per heavy atom. The Morgan fingerprint density at radius 3 is 2.45 bits per heavy atom. The average molecular weight is 289 g/mol. The van der Waals surface area contributed by atoms with Gasteiger partial charge in [-0.25, -0.2) is 8.42 Å². The zero-order chi connectivity index (χ0) is 14.6. The van der Waals surface area contributed by atoms with E-state index in [-0.39, 0.29) is 6.54 Å². The quantitative estimate of drug-likeness (QED) is 0.617. The van der Waals surface area contributed by atoms with Gasteiger partial charge in [-0.2, -0.15) is 4.31 Å². The van der Waals surface area contributed by atoms with Gasteiger partial charge in [0.15, 0.2) is 0 Å². The van der Waals surface area contributed by atoms with Crippen molar-refractivity contribution in [2.45, 2.75) is 31.6 Å². The Bertz CT molecular complexity index is 655. The third kappa shape index (κ3) is 3.72. The minimum Gasteiger partial charge on any atom is -0.207 e. The summed E-state index contributed by atoms with van der Waals surface area (Å²) in [6.07, 6.45) is 4.19. The third-order valence-corrected chi connectivity index (χ3v) is 5.04. The number of nitrogens with zero attached hydrogens (tertiary/aromatic N) is 1. The fraction of sp³-hybridized carbons (Fsp3) is 0.375. The molecule has 1 aromatic rings. The first-order chi connectivity index (χ1) is 9.54. The molecule has 0 saturated heterocycles. The first-order valence-corrected chi connectivity index (χ1v) is 8.12. The summed E-state index contributed by atoms with van der Waals surface area (Å²) in [7, 11) is -3.47. The molecule has 1 saturated carbocycles. The molecule has 1 aromatic carbocycles. The highest BCUT2D eigenvalue weighted by Gasteiger charge is 2.23. The Labute approximate surface area is 121 Å². The normalized spacial score (nSPS) is 13.8. The summed E-state index contributed by atoms with van der Waals surface area (Å²) in [5.41, 5.74) is 2.38. The smallest absolute Gasteiger partial charge is 0.207 e. The fourth-order valence-corrected chi connectivity index (χ4v) is 3.06. The molecule has 0 N–H and O–H groups in total. The van der Waals surface area contributed by atoms with Gasteiger partial charge in [0.2, 0.25) is 10.0 Å². The number of rotatable bonds is 5. The molecule has 0 unspecified atom stereocenters. The van der Waals surface area contributed by atoms with Crippen LogP contribution < -0.4 is 0 Å². The second-order valence-electron chi connectivity index (χ2n) is 4.90. The predicted molar refractivity (Wildman–Crippen MR) is 80.7 cm³/mol. The lowest BCUT2D eigenvalue weighted by Gasteiger charge is -2.18. The lowest BCUT2D eigenvalue weighted by atomic mass is 10.2. The van der Waals surface area contributed by atoms with E-state index in [1.54, 1.807) is 19.1 Å². The van der Waals surface area contributed by atoms with Crippen LogP contribution in [0, 0.1) is 18.8 Å². The molecule has 0 radical (unpaired) electrons. The molecule has 20 heavy (non-hydrogen) atoms. The molecule has 1 fully saturated rings. The van der Waals surface area contributed by atoms with Crippen LogP contribution in [-0.4, -0.2) is 25.8 Å². The lowest BCUT2D eigenvalue weighted by molar-refractivity contribution is 0.477. The summed E-state index contributed by atoms with van der Waals surface area (Å²) in [5.74, 6) is 5.60. The van der Waals surface area contributed by atoms with Crippen molar-refractivity contribution in [2.75, 3.05) is 13.1 Å². The van der Waals surface area contributed by atoms with Gasteiger partial charge in [0.05, 0.1) is 11.4 Å². The zero-order valence-corrected chi connectivity index (χ0v) is 12.7. The van der Waals surface area contributed by atoms with E-state index in [0.29, 0.717) is 11.4 Å². The molecular weight excluding hydrogens is 270 g/mol. The van der Waals surface area contributed by atoms with Crippen LogP contribution in [-0.2, 0) is 10.0 Å². The van der Waals surface area contributed by atoms with E-state index in [2.05, 4.69) is 11.8 Å². The highest BCUT2D eigenvalue weighted by Crippen LogP contribution is 2.27. The maximum Gasteiger partial charge on any atom is 0.244 e. The molecule has 2 rings (SSSR count). The summed E-state index contributed by atoms with van der Waals surface area (Å²) in [5, 5.41) is 0. The van der Waals surface area contributed by atoms with Crippen LogP contribution in [0.2, 0.25) is 0 Å². The number of allylic oxidation sites excluding steroid dienone is 1. The van der Waals surface area contributed by atoms with Crippen molar-refractivity contribution < 1.29 is 8.42 Å². The van der Waals surface area contributed by atoms with Crippen molar-refractivity contribution in [1.29, 1.82) is 0 Å². The SMILES string of the molecule is CC#CCN(CC=C1CC1)S(=O)(=O)c1ccc(C)cc1. The standard InChI is InChI=1S/C16H19NO2S/c1-3-4-12-17(13-11-15-7-8-15)20(18,19)16-9-5-14(2)6-10-16/h5-6,9-11H,7-8,12-13H2,1-2H3. The van der Waals surface area contributed by atoms with E-state index in [1.165, 1.54) is 9.88 Å². The molecule has 0 bridgehead atoms. The molecule has 0 amide bonds. The Hall–Kier alpha value is -1.57. The molecule has 0 aliphatic heterocycles. The zero-order valence-electron chi connectivity index (χ0n) is 11.9. The van der Waals surface area contributed by atoms with Gasteiger partial charge >= 0.3 is 0 Å². The number of aryl methyl sites for hydroxylation is 1. The Balaban J connectivity index is 2.25. The second-order valence-corrected chi connectivity index (χ2v) is 6.84. The van der Waals surface area contributed by atoms with Gasteiger partial charge in [0.1, 0.15) is 0 Å². The van der Waals surface area contributed by atoms with Crippen LogP contribution in [0.25, 0.3) is 0 Å². The molecule has 0 aromatic heterocycles. The van der Waals surface area contributed by atoms with E-state index >= 15 is 0 Å². The molecule has 0 spiro atoms. The fourth-order valence-electron chi connectivity index (χ4n) is 1.78. The molecule has 0 atom stereocenters. The second kappa shape index (κ2) is 6.25.